The minimum absolute atomic E-state index is 0.0719. The topological polar surface area (TPSA) is 74.8 Å². The highest BCUT2D eigenvalue weighted by Crippen LogP contribution is 2.51. The predicted molar refractivity (Wildman–Crippen MR) is 137 cm³/mol. The maximum atomic E-state index is 12.9. The van der Waals surface area contributed by atoms with Crippen molar-refractivity contribution in [2.45, 2.75) is 33.1 Å². The van der Waals surface area contributed by atoms with Gasteiger partial charge in [-0.25, -0.2) is 4.98 Å². The lowest BCUT2D eigenvalue weighted by Crippen LogP contribution is -2.34. The standard InChI is InChI=1S/C28H37N4O3/c1-6-31(14-15-35-5)25-9-7-8-24(30-25)26(33)29-16-21-22-17-32(18-23(21)22)27(34)19-10-12-20(13-11-19)28(2,3)4/h7,9-13,21-23H,6,14-18H2,1-5H3,(H,29,33). The molecule has 1 aromatic carbocycles. The van der Waals surface area contributed by atoms with Crippen LogP contribution in [0, 0.1) is 23.8 Å². The number of carbonyl (C=O) groups excluding carboxylic acids is 2. The first-order chi connectivity index (χ1) is 16.7. The van der Waals surface area contributed by atoms with Crippen LogP contribution in [0.3, 0.4) is 0 Å². The number of piperidine rings is 1. The van der Waals surface area contributed by atoms with Gasteiger partial charge in [-0.3, -0.25) is 9.59 Å². The quantitative estimate of drug-likeness (QED) is 0.599. The van der Waals surface area contributed by atoms with Crippen molar-refractivity contribution in [3.05, 3.63) is 59.3 Å². The van der Waals surface area contributed by atoms with Gasteiger partial charge in [0.25, 0.3) is 11.8 Å². The number of amides is 2. The number of likely N-dealkylation sites (N-methyl/N-ethyl adjacent to an activating group) is 1. The minimum atomic E-state index is -0.202. The van der Waals surface area contributed by atoms with Gasteiger partial charge in [0.15, 0.2) is 0 Å². The Morgan fingerprint density at radius 3 is 2.46 bits per heavy atom. The number of hydrogen-bond acceptors (Lipinski definition) is 5. The first kappa shape index (κ1) is 25.2. The molecule has 2 unspecified atom stereocenters. The van der Waals surface area contributed by atoms with Crippen LogP contribution in [0.5, 0.6) is 0 Å². The predicted octanol–water partition coefficient (Wildman–Crippen LogP) is 3.40. The summed E-state index contributed by atoms with van der Waals surface area (Å²) >= 11 is 0. The maximum Gasteiger partial charge on any atom is 0.270 e. The molecule has 1 radical (unpaired) electrons. The van der Waals surface area contributed by atoms with Crippen LogP contribution in [0.15, 0.2) is 36.4 Å². The lowest BCUT2D eigenvalue weighted by Gasteiger charge is -2.22. The van der Waals surface area contributed by atoms with E-state index in [1.165, 1.54) is 5.56 Å². The van der Waals surface area contributed by atoms with Crippen LogP contribution in [0.2, 0.25) is 0 Å². The second-order valence-corrected chi connectivity index (χ2v) is 10.6. The fourth-order valence-corrected chi connectivity index (χ4v) is 5.02. The SMILES string of the molecule is CCN(CCOC)c1cc[c]c(C(=O)NCC2C3CN(C(=O)c4ccc(C(C)(C)C)cc4)CC23)n1. The fourth-order valence-electron chi connectivity index (χ4n) is 5.02. The van der Waals surface area contributed by atoms with Crippen LogP contribution in [-0.2, 0) is 10.2 Å². The number of anilines is 1. The van der Waals surface area contributed by atoms with Crippen molar-refractivity contribution >= 4 is 17.6 Å². The van der Waals surface area contributed by atoms with Gasteiger partial charge >= 0.3 is 0 Å². The highest BCUT2D eigenvalue weighted by atomic mass is 16.5. The summed E-state index contributed by atoms with van der Waals surface area (Å²) in [5.74, 6) is 1.99. The molecule has 7 nitrogen and oxygen atoms in total. The molecule has 2 amide bonds. The normalized spacial score (nSPS) is 20.9. The lowest BCUT2D eigenvalue weighted by atomic mass is 9.86. The van der Waals surface area contributed by atoms with Crippen molar-refractivity contribution in [3.8, 4) is 0 Å². The number of nitrogens with one attached hydrogen (secondary N) is 1. The molecule has 2 aliphatic rings. The van der Waals surface area contributed by atoms with Crippen LogP contribution >= 0.6 is 0 Å². The van der Waals surface area contributed by atoms with E-state index in [2.05, 4.69) is 61.1 Å². The summed E-state index contributed by atoms with van der Waals surface area (Å²) < 4.78 is 5.16. The lowest BCUT2D eigenvalue weighted by molar-refractivity contribution is 0.0764. The second kappa shape index (κ2) is 10.4. The molecule has 1 aliphatic carbocycles. The van der Waals surface area contributed by atoms with Gasteiger partial charge in [-0.2, -0.15) is 0 Å². The molecule has 1 aromatic heterocycles. The first-order valence-electron chi connectivity index (χ1n) is 12.5. The number of fused-ring (bicyclic) bond motifs is 1. The number of pyridine rings is 1. The van der Waals surface area contributed by atoms with Crippen LogP contribution in [0.4, 0.5) is 5.82 Å². The largest absolute Gasteiger partial charge is 0.383 e. The highest BCUT2D eigenvalue weighted by molar-refractivity contribution is 5.94. The number of rotatable bonds is 9. The average Bonchev–Trinajstić information content (AvgIpc) is 3.30. The number of nitrogens with zero attached hydrogens (tertiary/aromatic N) is 3. The van der Waals surface area contributed by atoms with E-state index in [-0.39, 0.29) is 17.2 Å². The number of aromatic nitrogens is 1. The van der Waals surface area contributed by atoms with E-state index in [1.54, 1.807) is 13.2 Å². The van der Waals surface area contributed by atoms with Gasteiger partial charge in [-0.1, -0.05) is 32.9 Å². The Bertz CT molecular complexity index is 1030. The molecule has 1 aliphatic heterocycles. The van der Waals surface area contributed by atoms with Gasteiger partial charge < -0.3 is 19.9 Å². The van der Waals surface area contributed by atoms with Crippen molar-refractivity contribution in [2.24, 2.45) is 17.8 Å². The number of methoxy groups -OCH3 is 1. The molecule has 7 heteroatoms. The summed E-state index contributed by atoms with van der Waals surface area (Å²) in [6.45, 7) is 12.8. The monoisotopic (exact) mass is 477 g/mol. The van der Waals surface area contributed by atoms with Gasteiger partial charge in [-0.05, 0) is 59.9 Å². The molecule has 2 fully saturated rings. The third-order valence-electron chi connectivity index (χ3n) is 7.32. The van der Waals surface area contributed by atoms with Crippen LogP contribution in [-0.4, -0.2) is 68.1 Å². The van der Waals surface area contributed by atoms with Crippen LogP contribution < -0.4 is 10.2 Å². The zero-order valence-corrected chi connectivity index (χ0v) is 21.5. The molecule has 2 heterocycles. The van der Waals surface area contributed by atoms with Crippen molar-refractivity contribution in [2.75, 3.05) is 51.3 Å². The average molecular weight is 478 g/mol. The summed E-state index contributed by atoms with van der Waals surface area (Å²) in [5, 5.41) is 3.03. The zero-order chi connectivity index (χ0) is 25.2. The molecule has 2 atom stereocenters. The van der Waals surface area contributed by atoms with Crippen LogP contribution in [0.25, 0.3) is 0 Å². The summed E-state index contributed by atoms with van der Waals surface area (Å²) in [4.78, 5) is 34.2. The third-order valence-corrected chi connectivity index (χ3v) is 7.32. The van der Waals surface area contributed by atoms with Gasteiger partial charge in [0.1, 0.15) is 11.5 Å². The first-order valence-corrected chi connectivity index (χ1v) is 12.5. The van der Waals surface area contributed by atoms with E-state index in [0.29, 0.717) is 43.1 Å². The van der Waals surface area contributed by atoms with Gasteiger partial charge in [-0.15, -0.1) is 0 Å². The van der Waals surface area contributed by atoms with E-state index in [4.69, 9.17) is 4.74 Å². The zero-order valence-electron chi connectivity index (χ0n) is 21.5. The van der Waals surface area contributed by atoms with Gasteiger partial charge in [0, 0.05) is 51.5 Å². The molecule has 1 saturated heterocycles. The summed E-state index contributed by atoms with van der Waals surface area (Å²) in [6.07, 6.45) is 0. The number of likely N-dealkylation sites (tertiary alicyclic amines) is 1. The second-order valence-electron chi connectivity index (χ2n) is 10.6. The Labute approximate surface area is 208 Å². The molecule has 4 rings (SSSR count). The summed E-state index contributed by atoms with van der Waals surface area (Å²) in [5.41, 5.74) is 2.35. The minimum Gasteiger partial charge on any atom is -0.383 e. The third kappa shape index (κ3) is 5.67. The fraction of sp³-hybridized carbons (Fsp3) is 0.536. The maximum absolute atomic E-state index is 12.9. The summed E-state index contributed by atoms with van der Waals surface area (Å²) in [6, 6.07) is 14.6. The number of carbonyl (C=O) groups is 2. The van der Waals surface area contributed by atoms with Gasteiger partial charge in [0.05, 0.1) is 6.61 Å². The Balaban J connectivity index is 1.26. The number of benzene rings is 1. The molecule has 1 N–H and O–H groups in total. The van der Waals surface area contributed by atoms with E-state index in [0.717, 1.165) is 31.0 Å². The van der Waals surface area contributed by atoms with E-state index >= 15 is 0 Å². The Morgan fingerprint density at radius 2 is 1.86 bits per heavy atom. The summed E-state index contributed by atoms with van der Waals surface area (Å²) in [7, 11) is 1.67. The highest BCUT2D eigenvalue weighted by Gasteiger charge is 2.56. The van der Waals surface area contributed by atoms with Crippen molar-refractivity contribution in [3.63, 3.8) is 0 Å². The molecule has 0 spiro atoms. The van der Waals surface area contributed by atoms with Crippen molar-refractivity contribution in [1.29, 1.82) is 0 Å². The molecular weight excluding hydrogens is 440 g/mol. The van der Waals surface area contributed by atoms with Gasteiger partial charge in [0.2, 0.25) is 0 Å². The van der Waals surface area contributed by atoms with Crippen molar-refractivity contribution < 1.29 is 14.3 Å². The van der Waals surface area contributed by atoms with Crippen LogP contribution in [0.1, 0.15) is 54.1 Å². The Morgan fingerprint density at radius 1 is 1.17 bits per heavy atom. The molecular formula is C28H37N4O3. The number of ether oxygens (including phenoxy) is 1. The van der Waals surface area contributed by atoms with E-state index in [9.17, 15) is 9.59 Å². The molecule has 187 valence electrons. The van der Waals surface area contributed by atoms with E-state index < -0.39 is 0 Å². The number of hydrogen-bond donors (Lipinski definition) is 1. The van der Waals surface area contributed by atoms with Crippen molar-refractivity contribution in [1.82, 2.24) is 15.2 Å². The molecule has 2 aromatic rings. The molecule has 0 bridgehead atoms. The molecule has 1 saturated carbocycles. The van der Waals surface area contributed by atoms with E-state index in [1.807, 2.05) is 23.1 Å². The Kier molecular flexibility index (Phi) is 7.45. The molecule has 35 heavy (non-hydrogen) atoms. The Hall–Kier alpha value is -2.93. The smallest absolute Gasteiger partial charge is 0.270 e.